The molecule has 0 spiro atoms. The van der Waals surface area contributed by atoms with Gasteiger partial charge in [-0.2, -0.15) is 0 Å². The minimum Gasteiger partial charge on any atom is -0.409 e. The van der Waals surface area contributed by atoms with Gasteiger partial charge in [-0.3, -0.25) is 5.01 Å². The summed E-state index contributed by atoms with van der Waals surface area (Å²) in [5.41, 5.74) is 15.6. The molecule has 3 aromatic rings. The molecule has 0 atom stereocenters. The normalized spacial score (nSPS) is 16.1. The molecule has 0 unspecified atom stereocenters. The second kappa shape index (κ2) is 14.2. The Kier molecular flexibility index (Phi) is 10.4. The summed E-state index contributed by atoms with van der Waals surface area (Å²) in [5.74, 6) is 1.45. The lowest BCUT2D eigenvalue weighted by Crippen LogP contribution is -2.49. The van der Waals surface area contributed by atoms with Crippen LogP contribution in [0.5, 0.6) is 0 Å². The fourth-order valence-corrected chi connectivity index (χ4v) is 7.41. The van der Waals surface area contributed by atoms with Crippen LogP contribution in [0.3, 0.4) is 0 Å². The molecular formula is C32H38Cl2N6O3S. The molecule has 2 fully saturated rings. The van der Waals surface area contributed by atoms with Crippen molar-refractivity contribution in [2.75, 3.05) is 19.6 Å². The fraction of sp³-hybridized carbons (Fsp3) is 0.344. The molecule has 0 bridgehead atoms. The molecule has 1 heterocycles. The molecule has 234 valence electrons. The third-order valence-corrected chi connectivity index (χ3v) is 10.2. The van der Waals surface area contributed by atoms with Crippen molar-refractivity contribution in [2.45, 2.75) is 50.0 Å². The summed E-state index contributed by atoms with van der Waals surface area (Å²) in [6.45, 7) is 2.53. The molecule has 1 saturated carbocycles. The Morgan fingerprint density at radius 1 is 1.05 bits per heavy atom. The average Bonchev–Trinajstić information content (AvgIpc) is 2.99. The number of nitrogens with two attached hydrogens (primary N) is 2. The first-order chi connectivity index (χ1) is 21.2. The Morgan fingerprint density at radius 2 is 1.80 bits per heavy atom. The van der Waals surface area contributed by atoms with E-state index in [4.69, 9.17) is 34.7 Å². The summed E-state index contributed by atoms with van der Waals surface area (Å²) in [6.07, 6.45) is 5.86. The van der Waals surface area contributed by atoms with Crippen LogP contribution in [0.15, 0.2) is 88.2 Å². The van der Waals surface area contributed by atoms with Crippen molar-refractivity contribution in [1.29, 1.82) is 0 Å². The van der Waals surface area contributed by atoms with Gasteiger partial charge in [-0.05, 0) is 98.0 Å². The molecule has 1 saturated heterocycles. The van der Waals surface area contributed by atoms with E-state index in [9.17, 15) is 13.6 Å². The van der Waals surface area contributed by atoms with Crippen LogP contribution < -0.4 is 16.3 Å². The van der Waals surface area contributed by atoms with Gasteiger partial charge in [-0.1, -0.05) is 64.8 Å². The first-order valence-corrected chi connectivity index (χ1v) is 17.0. The van der Waals surface area contributed by atoms with E-state index in [0.717, 1.165) is 63.0 Å². The van der Waals surface area contributed by atoms with Crippen LogP contribution in [-0.2, 0) is 16.6 Å². The molecule has 6 N–H and O–H groups in total. The van der Waals surface area contributed by atoms with Crippen LogP contribution in [-0.4, -0.2) is 49.0 Å². The van der Waals surface area contributed by atoms with Gasteiger partial charge >= 0.3 is 0 Å². The number of allylic oxidation sites excluding steroid dienone is 1. The number of benzene rings is 3. The predicted molar refractivity (Wildman–Crippen MR) is 176 cm³/mol. The second-order valence-corrected chi connectivity index (χ2v) is 13.8. The summed E-state index contributed by atoms with van der Waals surface area (Å²) in [7, 11) is -4.04. The number of piperidine rings is 1. The van der Waals surface area contributed by atoms with Gasteiger partial charge in [0, 0.05) is 34.3 Å². The number of nitrogens with one attached hydrogen (secondary N) is 1. The molecular weight excluding hydrogens is 619 g/mol. The number of hydrogen-bond donors (Lipinski definition) is 4. The van der Waals surface area contributed by atoms with E-state index in [2.05, 4.69) is 14.9 Å². The van der Waals surface area contributed by atoms with Crippen molar-refractivity contribution in [3.8, 4) is 11.1 Å². The van der Waals surface area contributed by atoms with Crippen LogP contribution in [0.25, 0.3) is 11.1 Å². The van der Waals surface area contributed by atoms with E-state index in [1.807, 2.05) is 18.2 Å². The summed E-state index contributed by atoms with van der Waals surface area (Å²) in [5, 5.41) is 15.0. The summed E-state index contributed by atoms with van der Waals surface area (Å²) >= 11 is 12.5. The van der Waals surface area contributed by atoms with E-state index in [0.29, 0.717) is 39.2 Å². The predicted octanol–water partition coefficient (Wildman–Crippen LogP) is 5.91. The molecule has 12 heteroatoms. The highest BCUT2D eigenvalue weighted by Crippen LogP contribution is 2.36. The number of halogens is 2. The van der Waals surface area contributed by atoms with E-state index >= 15 is 0 Å². The smallest absolute Gasteiger partial charge is 0.257 e. The number of amidine groups is 1. The molecule has 1 aliphatic carbocycles. The van der Waals surface area contributed by atoms with Gasteiger partial charge in [-0.25, -0.2) is 8.42 Å². The van der Waals surface area contributed by atoms with Gasteiger partial charge in [0.2, 0.25) is 0 Å². The van der Waals surface area contributed by atoms with E-state index in [1.54, 1.807) is 53.5 Å². The quantitative estimate of drug-likeness (QED) is 0.0872. The lowest BCUT2D eigenvalue weighted by molar-refractivity contribution is 0.133. The molecule has 1 aliphatic heterocycles. The van der Waals surface area contributed by atoms with Gasteiger partial charge in [0.05, 0.1) is 11.4 Å². The van der Waals surface area contributed by atoms with Crippen LogP contribution in [0, 0.1) is 5.92 Å². The van der Waals surface area contributed by atoms with Gasteiger partial charge in [0.15, 0.2) is 5.84 Å². The molecule has 3 aromatic carbocycles. The number of hydrogen-bond acceptors (Lipinski definition) is 7. The summed E-state index contributed by atoms with van der Waals surface area (Å²) in [6, 6.07) is 19.1. The van der Waals surface area contributed by atoms with Crippen molar-refractivity contribution in [2.24, 2.45) is 22.5 Å². The van der Waals surface area contributed by atoms with Crippen molar-refractivity contribution < 1.29 is 13.6 Å². The Balaban J connectivity index is 1.51. The zero-order valence-corrected chi connectivity index (χ0v) is 26.8. The molecule has 0 aromatic heterocycles. The van der Waals surface area contributed by atoms with Gasteiger partial charge < -0.3 is 21.6 Å². The SMILES string of the molecule is NCCC1CCN(C(=C2CCC2)N(Cc2cccc(/C(N)=N\O)c2)NS(=O)(=O)c2cccc(-c3ccc(Cl)cc3Cl)c2)CC1. The standard InChI is InChI=1S/C32H38Cl2N6O3S/c33-27-10-11-29(30(34)20-27)25-7-3-9-28(19-25)44(42,43)38-40(21-23-4-1-8-26(18-23)31(36)37-41)32(24-5-2-6-24)39-16-13-22(12-15-35)14-17-39/h1,3-4,7-11,18-20,22,38,41H,2,5-6,12-17,21,35H2,(H2,36,37). The highest BCUT2D eigenvalue weighted by Gasteiger charge is 2.31. The molecule has 0 amide bonds. The lowest BCUT2D eigenvalue weighted by atomic mass is 9.89. The van der Waals surface area contributed by atoms with E-state index in [-0.39, 0.29) is 17.3 Å². The van der Waals surface area contributed by atoms with Crippen molar-refractivity contribution >= 4 is 39.1 Å². The Hall–Kier alpha value is -3.28. The zero-order chi connectivity index (χ0) is 31.3. The van der Waals surface area contributed by atoms with Crippen molar-refractivity contribution in [1.82, 2.24) is 14.7 Å². The van der Waals surface area contributed by atoms with Crippen LogP contribution >= 0.6 is 23.2 Å². The van der Waals surface area contributed by atoms with Crippen molar-refractivity contribution in [3.63, 3.8) is 0 Å². The van der Waals surface area contributed by atoms with E-state index < -0.39 is 10.0 Å². The molecule has 0 radical (unpaired) electrons. The highest BCUT2D eigenvalue weighted by molar-refractivity contribution is 7.89. The van der Waals surface area contributed by atoms with Crippen LogP contribution in [0.2, 0.25) is 10.0 Å². The summed E-state index contributed by atoms with van der Waals surface area (Å²) in [4.78, 5) is 5.34. The monoisotopic (exact) mass is 656 g/mol. The minimum atomic E-state index is -4.04. The number of rotatable bonds is 11. The molecule has 5 rings (SSSR count). The second-order valence-electron chi connectivity index (χ2n) is 11.3. The highest BCUT2D eigenvalue weighted by atomic mass is 35.5. The third-order valence-electron chi connectivity index (χ3n) is 8.31. The average molecular weight is 658 g/mol. The number of sulfonamides is 1. The zero-order valence-electron chi connectivity index (χ0n) is 24.4. The maximum atomic E-state index is 14.1. The maximum Gasteiger partial charge on any atom is 0.257 e. The molecule has 9 nitrogen and oxygen atoms in total. The fourth-order valence-electron chi connectivity index (χ4n) is 5.80. The summed E-state index contributed by atoms with van der Waals surface area (Å²) < 4.78 is 28.2. The minimum absolute atomic E-state index is 0.0174. The third kappa shape index (κ3) is 7.50. The number of nitrogens with zero attached hydrogens (tertiary/aromatic N) is 3. The maximum absolute atomic E-state index is 14.1. The topological polar surface area (TPSA) is 137 Å². The Bertz CT molecular complexity index is 1650. The van der Waals surface area contributed by atoms with Gasteiger partial charge in [0.1, 0.15) is 5.82 Å². The Morgan fingerprint density at radius 3 is 2.45 bits per heavy atom. The van der Waals surface area contributed by atoms with E-state index in [1.165, 1.54) is 5.57 Å². The number of likely N-dealkylation sites (tertiary alicyclic amines) is 1. The lowest BCUT2D eigenvalue weighted by Gasteiger charge is -2.42. The van der Waals surface area contributed by atoms with Crippen LogP contribution in [0.4, 0.5) is 0 Å². The van der Waals surface area contributed by atoms with Crippen molar-refractivity contribution in [3.05, 3.63) is 99.3 Å². The molecule has 44 heavy (non-hydrogen) atoms. The van der Waals surface area contributed by atoms with Gasteiger partial charge in [-0.15, -0.1) is 4.83 Å². The first-order valence-electron chi connectivity index (χ1n) is 14.8. The largest absolute Gasteiger partial charge is 0.409 e. The number of hydrazine groups is 1. The van der Waals surface area contributed by atoms with Gasteiger partial charge in [0.25, 0.3) is 10.0 Å². The molecule has 2 aliphatic rings. The Labute approximate surface area is 269 Å². The number of oxime groups is 1. The van der Waals surface area contributed by atoms with Crippen LogP contribution in [0.1, 0.15) is 49.7 Å². The first kappa shape index (κ1) is 32.1.